The predicted molar refractivity (Wildman–Crippen MR) is 343 cm³/mol. The second-order valence-electron chi connectivity index (χ2n) is 23.9. The average Bonchev–Trinajstić information content (AvgIpc) is 0.709. The van der Waals surface area contributed by atoms with Crippen LogP contribution in [0.15, 0.2) is 262 Å². The van der Waals surface area contributed by atoms with Crippen LogP contribution in [0.1, 0.15) is 70.8 Å². The maximum absolute atomic E-state index is 18.8. The Hall–Kier alpha value is -7.57. The average molecular weight is 1770 g/mol. The van der Waals surface area contributed by atoms with E-state index in [-0.39, 0.29) is 109 Å². The van der Waals surface area contributed by atoms with Crippen molar-refractivity contribution in [1.82, 2.24) is 0 Å². The van der Waals surface area contributed by atoms with Crippen LogP contribution < -0.4 is 0 Å². The Morgan fingerprint density at radius 2 is 0.318 bits per heavy atom. The molecular weight excluding hydrogens is 1720 g/mol. The van der Waals surface area contributed by atoms with Gasteiger partial charge in [0.15, 0.2) is 0 Å². The van der Waals surface area contributed by atoms with Gasteiger partial charge in [-0.1, -0.05) is 0 Å². The Morgan fingerprint density at radius 1 is 0.209 bits per heavy atom. The second-order valence-corrected chi connectivity index (χ2v) is 38.3. The molecule has 0 unspecified atom stereocenters. The molecule has 0 spiro atoms. The maximum atomic E-state index is 18.8. The molecule has 0 saturated heterocycles. The molecule has 0 saturated carbocycles. The monoisotopic (exact) mass is 1770 g/mol. The summed E-state index contributed by atoms with van der Waals surface area (Å²) in [5, 5.41) is 0. The summed E-state index contributed by atoms with van der Waals surface area (Å²) in [5.74, 6) is -35.3. The summed E-state index contributed by atoms with van der Waals surface area (Å²) in [6, 6.07) is 16.5. The van der Waals surface area contributed by atoms with Gasteiger partial charge in [-0.2, -0.15) is 0 Å². The minimum absolute atomic E-state index is 0.00584. The van der Waals surface area contributed by atoms with E-state index >= 15 is 55.7 Å². The van der Waals surface area contributed by atoms with Crippen LogP contribution in [0.5, 0.6) is 0 Å². The Kier molecular flexibility index (Phi) is 23.6. The summed E-state index contributed by atoms with van der Waals surface area (Å²) in [6.45, 7) is 4.49. The molecule has 0 N–H and O–H groups in total. The molecule has 4 nitrogen and oxygen atoms in total. The van der Waals surface area contributed by atoms with Crippen LogP contribution in [0.25, 0.3) is 0 Å². The first kappa shape index (κ1) is 86.4. The Morgan fingerprint density at radius 3 is 0.418 bits per heavy atom. The van der Waals surface area contributed by atoms with Crippen LogP contribution in [0, 0.1) is 0 Å². The van der Waals surface area contributed by atoms with Crippen molar-refractivity contribution in [3.63, 3.8) is 0 Å². The number of hydrogen-bond donors (Lipinski definition) is 0. The van der Waals surface area contributed by atoms with Crippen molar-refractivity contribution in [3.8, 4) is 0 Å². The normalized spacial score (nSPS) is 14.6. The van der Waals surface area contributed by atoms with Crippen LogP contribution in [-0.4, -0.2) is 57.1 Å². The van der Waals surface area contributed by atoms with Gasteiger partial charge in [0.2, 0.25) is 0 Å². The Balaban J connectivity index is 1.59. The summed E-state index contributed by atoms with van der Waals surface area (Å²) in [5.41, 5.74) is -11.2. The quantitative estimate of drug-likeness (QED) is 0.0447. The molecule has 0 heterocycles. The first-order valence-electron chi connectivity index (χ1n) is 31.3. The SMILES string of the molecule is CCc1ccc(S([O][Sb](=[O])([O]S(c2ccc(CC)cc2)(c2ccc(C(F)(F)C(F)(F)F)cc2)c2ccc(C(F)(F)C(F)(F)F)cc2)[O]S(c2ccc(CC)cc2)(c2ccc(C(F)(F)C(F)(F)F)cc2)c2ccc(C(F)(F)C(F)(F)F)cc2)(c2ccc(C(F)(F)C(F)(F)F)cc2)c2ccc(C(F)(F)C(F)(F)F)cc2)cc1. The van der Waals surface area contributed by atoms with Crippen LogP contribution in [0.4, 0.5) is 132 Å². The van der Waals surface area contributed by atoms with E-state index in [0.717, 1.165) is 72.8 Å². The van der Waals surface area contributed by atoms with E-state index < -0.39 is 201 Å². The predicted octanol–water partition coefficient (Wildman–Crippen LogP) is 27.2. The molecule has 0 aliphatic rings. The molecule has 0 aliphatic carbocycles. The van der Waals surface area contributed by atoms with Gasteiger partial charge in [-0.25, -0.2) is 0 Å². The fraction of sp³-hybridized carbons (Fsp3) is 0.250. The number of rotatable bonds is 24. The molecule has 0 radical (unpaired) electrons. The summed E-state index contributed by atoms with van der Waals surface area (Å²) in [4.78, 5) is -8.03. The third-order valence-electron chi connectivity index (χ3n) is 17.0. The van der Waals surface area contributed by atoms with Gasteiger partial charge in [0.25, 0.3) is 0 Å². The molecule has 596 valence electrons. The van der Waals surface area contributed by atoms with E-state index in [1.54, 1.807) is 0 Å². The molecule has 110 heavy (non-hydrogen) atoms. The van der Waals surface area contributed by atoms with Gasteiger partial charge in [0, 0.05) is 0 Å². The molecule has 0 amide bonds. The van der Waals surface area contributed by atoms with Gasteiger partial charge >= 0.3 is 618 Å². The zero-order chi connectivity index (χ0) is 82.1. The fourth-order valence-corrected chi connectivity index (χ4v) is 35.5. The molecule has 0 atom stereocenters. The molecular formula is C72H51F30O4S3Sb. The standard InChI is InChI=1S/3C24H18F10OS.O.Sb/c3*1-2-15-3-9-18(10-4-15)36(35,19-11-5-16(6-12-19)21(25,26)23(29,30)31)20-13-7-17(8-14-20)22(27,28)24(32,33)34;;/h3*3-14,35H,2H2,1H3;;/q;;;;+3/p-3. The molecule has 9 aromatic carbocycles. The van der Waals surface area contributed by atoms with Crippen molar-refractivity contribution in [2.75, 3.05) is 0 Å². The van der Waals surface area contributed by atoms with Gasteiger partial charge in [-0.05, 0) is 0 Å². The molecule has 9 rings (SSSR count). The van der Waals surface area contributed by atoms with E-state index in [1.165, 1.54) is 20.8 Å². The second kappa shape index (κ2) is 30.1. The summed E-state index contributed by atoms with van der Waals surface area (Å²) in [6.07, 6.45) is -38.9. The zero-order valence-corrected chi connectivity index (χ0v) is 60.6. The number of aryl methyl sites for hydroxylation is 3. The molecule has 0 fully saturated rings. The van der Waals surface area contributed by atoms with Gasteiger partial charge in [-0.15, -0.1) is 0 Å². The Labute approximate surface area is 615 Å². The summed E-state index contributed by atoms with van der Waals surface area (Å²) >= 11 is -9.15. The van der Waals surface area contributed by atoms with Crippen LogP contribution >= 0.6 is 30.9 Å². The third kappa shape index (κ3) is 15.8. The van der Waals surface area contributed by atoms with E-state index in [1.807, 2.05) is 0 Å². The topological polar surface area (TPSA) is 44.8 Å². The summed E-state index contributed by atoms with van der Waals surface area (Å²) < 4.78 is 485. The Bertz CT molecular complexity index is 4030. The van der Waals surface area contributed by atoms with Crippen LogP contribution in [0.3, 0.4) is 0 Å². The minimum atomic E-state index is -9.15. The van der Waals surface area contributed by atoms with Crippen molar-refractivity contribution >= 4 is 51.0 Å². The van der Waals surface area contributed by atoms with E-state index in [4.69, 9.17) is 7.38 Å². The summed E-state index contributed by atoms with van der Waals surface area (Å²) in [7, 11) is -15.7. The van der Waals surface area contributed by atoms with Gasteiger partial charge < -0.3 is 0 Å². The van der Waals surface area contributed by atoms with Crippen LogP contribution in [-0.2, 0) is 65.2 Å². The molecule has 38 heteroatoms. The number of alkyl halides is 30. The van der Waals surface area contributed by atoms with Crippen LogP contribution in [0.2, 0.25) is 0 Å². The molecule has 9 aromatic rings. The molecule has 0 aliphatic heterocycles. The number of benzene rings is 9. The van der Waals surface area contributed by atoms with Crippen molar-refractivity contribution < 1.29 is 142 Å². The van der Waals surface area contributed by atoms with Gasteiger partial charge in [0.05, 0.1) is 0 Å². The first-order chi connectivity index (χ1) is 50.5. The molecule has 0 bridgehead atoms. The molecule has 0 aromatic heterocycles. The van der Waals surface area contributed by atoms with Crippen molar-refractivity contribution in [1.29, 1.82) is 0 Å². The van der Waals surface area contributed by atoms with E-state index in [0.29, 0.717) is 72.8 Å². The van der Waals surface area contributed by atoms with Crippen molar-refractivity contribution in [3.05, 3.63) is 268 Å². The number of hydrogen-bond acceptors (Lipinski definition) is 4. The van der Waals surface area contributed by atoms with E-state index in [2.05, 4.69) is 0 Å². The number of halogens is 30. The third-order valence-corrected chi connectivity index (χ3v) is 37.1. The first-order valence-corrected chi connectivity index (χ1v) is 40.2. The van der Waals surface area contributed by atoms with Gasteiger partial charge in [0.1, 0.15) is 0 Å². The fourth-order valence-electron chi connectivity index (χ4n) is 10.9. The van der Waals surface area contributed by atoms with Crippen molar-refractivity contribution in [2.24, 2.45) is 0 Å². The van der Waals surface area contributed by atoms with E-state index in [9.17, 15) is 79.0 Å². The van der Waals surface area contributed by atoms with Gasteiger partial charge in [-0.3, -0.25) is 0 Å². The zero-order valence-electron chi connectivity index (χ0n) is 55.5. The van der Waals surface area contributed by atoms with Crippen molar-refractivity contribution in [2.45, 2.75) is 157 Å².